The summed E-state index contributed by atoms with van der Waals surface area (Å²) < 4.78 is 7.34. The van der Waals surface area contributed by atoms with Crippen LogP contribution >= 0.6 is 11.8 Å². The van der Waals surface area contributed by atoms with E-state index in [0.717, 1.165) is 16.7 Å². The third-order valence-corrected chi connectivity index (χ3v) is 5.16. The first-order valence-corrected chi connectivity index (χ1v) is 9.25. The maximum Gasteiger partial charge on any atom is 0.200 e. The fraction of sp³-hybridized carbons (Fsp3) is 0.250. The van der Waals surface area contributed by atoms with Gasteiger partial charge in [-0.3, -0.25) is 9.36 Å². The van der Waals surface area contributed by atoms with Crippen molar-refractivity contribution in [1.82, 2.24) is 14.8 Å². The highest BCUT2D eigenvalue weighted by Crippen LogP contribution is 2.29. The van der Waals surface area contributed by atoms with Gasteiger partial charge in [0.1, 0.15) is 0 Å². The van der Waals surface area contributed by atoms with Gasteiger partial charge in [0.15, 0.2) is 16.7 Å². The van der Waals surface area contributed by atoms with E-state index in [1.54, 1.807) is 12.3 Å². The lowest BCUT2D eigenvalue weighted by atomic mass is 10.0. The zero-order valence-corrected chi connectivity index (χ0v) is 15.9. The van der Waals surface area contributed by atoms with Crippen molar-refractivity contribution in [3.63, 3.8) is 0 Å². The molecule has 1 atom stereocenters. The van der Waals surface area contributed by atoms with Gasteiger partial charge in [0.2, 0.25) is 5.82 Å². The Balaban J connectivity index is 1.87. The lowest BCUT2D eigenvalue weighted by Crippen LogP contribution is -2.16. The van der Waals surface area contributed by atoms with Crippen LogP contribution in [0, 0.1) is 13.8 Å². The predicted octanol–water partition coefficient (Wildman–Crippen LogP) is 4.70. The van der Waals surface area contributed by atoms with Crippen LogP contribution in [0.25, 0.3) is 11.6 Å². The van der Waals surface area contributed by atoms with E-state index in [0.29, 0.717) is 23.3 Å². The number of rotatable bonds is 7. The Morgan fingerprint density at radius 1 is 1.35 bits per heavy atom. The van der Waals surface area contributed by atoms with Crippen molar-refractivity contribution in [2.45, 2.75) is 37.7 Å². The van der Waals surface area contributed by atoms with Gasteiger partial charge in [-0.2, -0.15) is 0 Å². The first-order chi connectivity index (χ1) is 12.5. The Labute approximate surface area is 157 Å². The second-order valence-corrected chi connectivity index (χ2v) is 7.43. The van der Waals surface area contributed by atoms with Crippen molar-refractivity contribution < 1.29 is 9.21 Å². The van der Waals surface area contributed by atoms with Crippen LogP contribution in [0.2, 0.25) is 0 Å². The number of allylic oxidation sites excluding steroid dienone is 1. The smallest absolute Gasteiger partial charge is 0.200 e. The zero-order valence-electron chi connectivity index (χ0n) is 15.1. The number of ketones is 1. The van der Waals surface area contributed by atoms with Crippen LogP contribution in [-0.4, -0.2) is 25.8 Å². The lowest BCUT2D eigenvalue weighted by molar-refractivity contribution is 0.0993. The molecule has 1 aromatic carbocycles. The summed E-state index contributed by atoms with van der Waals surface area (Å²) in [5.74, 6) is 1.35. The Morgan fingerprint density at radius 2 is 2.15 bits per heavy atom. The Hall–Kier alpha value is -2.60. The fourth-order valence-electron chi connectivity index (χ4n) is 2.69. The van der Waals surface area contributed by atoms with Crippen molar-refractivity contribution in [2.75, 3.05) is 0 Å². The van der Waals surface area contributed by atoms with Gasteiger partial charge in [-0.15, -0.1) is 16.8 Å². The van der Waals surface area contributed by atoms with Crippen molar-refractivity contribution in [3.8, 4) is 11.6 Å². The average Bonchev–Trinajstić information content (AvgIpc) is 3.27. The van der Waals surface area contributed by atoms with Crippen LogP contribution in [-0.2, 0) is 6.54 Å². The molecule has 2 heterocycles. The number of Topliss-reactive ketones (excluding diaryl/α,β-unsaturated/α-hetero) is 1. The molecular weight excluding hydrogens is 346 g/mol. The molecule has 0 bridgehead atoms. The molecular formula is C20H21N3O2S. The van der Waals surface area contributed by atoms with E-state index in [-0.39, 0.29) is 11.0 Å². The maximum absolute atomic E-state index is 12.9. The summed E-state index contributed by atoms with van der Waals surface area (Å²) in [6, 6.07) is 9.58. The number of carbonyl (C=O) groups is 1. The van der Waals surface area contributed by atoms with Crippen LogP contribution < -0.4 is 0 Å². The van der Waals surface area contributed by atoms with Crippen molar-refractivity contribution >= 4 is 17.5 Å². The molecule has 6 heteroatoms. The van der Waals surface area contributed by atoms with E-state index in [1.165, 1.54) is 11.8 Å². The van der Waals surface area contributed by atoms with Crippen molar-refractivity contribution in [3.05, 3.63) is 65.9 Å². The molecule has 0 aliphatic heterocycles. The number of hydrogen-bond acceptors (Lipinski definition) is 5. The third-order valence-electron chi connectivity index (χ3n) is 4.08. The van der Waals surface area contributed by atoms with Crippen molar-refractivity contribution in [2.24, 2.45) is 0 Å². The number of carbonyl (C=O) groups excluding carboxylic acids is 1. The number of thioether (sulfide) groups is 1. The molecule has 0 saturated heterocycles. The number of aromatic nitrogens is 3. The van der Waals surface area contributed by atoms with E-state index in [4.69, 9.17) is 4.42 Å². The normalized spacial score (nSPS) is 12.1. The summed E-state index contributed by atoms with van der Waals surface area (Å²) in [6.45, 7) is 10.2. The summed E-state index contributed by atoms with van der Waals surface area (Å²) in [4.78, 5) is 12.9. The van der Waals surface area contributed by atoms with E-state index >= 15 is 0 Å². The molecule has 26 heavy (non-hydrogen) atoms. The van der Waals surface area contributed by atoms with E-state index in [2.05, 4.69) is 16.8 Å². The summed E-state index contributed by atoms with van der Waals surface area (Å²) in [5, 5.41) is 8.88. The number of benzene rings is 1. The van der Waals surface area contributed by atoms with Gasteiger partial charge in [-0.1, -0.05) is 35.5 Å². The Morgan fingerprint density at radius 3 is 2.85 bits per heavy atom. The van der Waals surface area contributed by atoms with Crippen LogP contribution in [0.5, 0.6) is 0 Å². The van der Waals surface area contributed by atoms with Gasteiger partial charge in [-0.05, 0) is 44.5 Å². The van der Waals surface area contributed by atoms with Gasteiger partial charge in [0.05, 0.1) is 11.5 Å². The topological polar surface area (TPSA) is 60.9 Å². The molecule has 0 fully saturated rings. The standard InChI is InChI=1S/C20H21N3O2S/c1-5-10-23-19(17-7-6-11-25-17)21-22-20(23)26-15(4)18(24)16-12-13(2)8-9-14(16)3/h5-9,11-12,15H,1,10H2,2-4H3. The first-order valence-electron chi connectivity index (χ1n) is 8.37. The minimum atomic E-state index is -0.285. The molecule has 0 aliphatic carbocycles. The van der Waals surface area contributed by atoms with Gasteiger partial charge in [-0.25, -0.2) is 0 Å². The molecule has 2 aromatic heterocycles. The molecule has 134 valence electrons. The molecule has 0 spiro atoms. The van der Waals surface area contributed by atoms with Crippen LogP contribution in [0.3, 0.4) is 0 Å². The van der Waals surface area contributed by atoms with Gasteiger partial charge >= 0.3 is 0 Å². The molecule has 0 radical (unpaired) electrons. The lowest BCUT2D eigenvalue weighted by Gasteiger charge is -2.13. The van der Waals surface area contributed by atoms with Crippen LogP contribution in [0.15, 0.2) is 58.8 Å². The fourth-order valence-corrected chi connectivity index (χ4v) is 3.62. The quantitative estimate of drug-likeness (QED) is 0.344. The average molecular weight is 367 g/mol. The van der Waals surface area contributed by atoms with Crippen LogP contribution in [0.4, 0.5) is 0 Å². The zero-order chi connectivity index (χ0) is 18.7. The molecule has 1 unspecified atom stereocenters. The second-order valence-electron chi connectivity index (χ2n) is 6.13. The number of aryl methyl sites for hydroxylation is 2. The Bertz CT molecular complexity index is 929. The molecule has 0 aliphatic rings. The van der Waals surface area contributed by atoms with Gasteiger partial charge in [0, 0.05) is 12.1 Å². The summed E-state index contributed by atoms with van der Waals surface area (Å²) >= 11 is 1.40. The number of hydrogen-bond donors (Lipinski definition) is 0. The Kier molecular flexibility index (Phi) is 5.42. The summed E-state index contributed by atoms with van der Waals surface area (Å²) in [7, 11) is 0. The first kappa shape index (κ1) is 18.2. The highest BCUT2D eigenvalue weighted by molar-refractivity contribution is 8.00. The van der Waals surface area contributed by atoms with E-state index < -0.39 is 0 Å². The summed E-state index contributed by atoms with van der Waals surface area (Å²) in [5.41, 5.74) is 2.81. The monoisotopic (exact) mass is 367 g/mol. The third kappa shape index (κ3) is 3.65. The maximum atomic E-state index is 12.9. The molecule has 0 saturated carbocycles. The van der Waals surface area contributed by atoms with Gasteiger partial charge < -0.3 is 4.42 Å². The molecule has 0 N–H and O–H groups in total. The van der Waals surface area contributed by atoms with E-state index in [9.17, 15) is 4.79 Å². The number of furan rings is 1. The van der Waals surface area contributed by atoms with Gasteiger partial charge in [0.25, 0.3) is 0 Å². The highest BCUT2D eigenvalue weighted by Gasteiger charge is 2.23. The number of nitrogens with zero attached hydrogens (tertiary/aromatic N) is 3. The van der Waals surface area contributed by atoms with Crippen LogP contribution in [0.1, 0.15) is 28.4 Å². The van der Waals surface area contributed by atoms with Crippen molar-refractivity contribution in [1.29, 1.82) is 0 Å². The molecule has 5 nitrogen and oxygen atoms in total. The molecule has 3 rings (SSSR count). The largest absolute Gasteiger partial charge is 0.461 e. The second kappa shape index (κ2) is 7.74. The molecule has 0 amide bonds. The SMILES string of the molecule is C=CCn1c(SC(C)C(=O)c2cc(C)ccc2C)nnc1-c1ccco1. The highest BCUT2D eigenvalue weighted by atomic mass is 32.2. The summed E-state index contributed by atoms with van der Waals surface area (Å²) in [6.07, 6.45) is 3.37. The molecule has 3 aromatic rings. The minimum Gasteiger partial charge on any atom is -0.461 e. The predicted molar refractivity (Wildman–Crippen MR) is 103 cm³/mol. The van der Waals surface area contributed by atoms with E-state index in [1.807, 2.05) is 55.7 Å². The minimum absolute atomic E-state index is 0.0869.